The monoisotopic (exact) mass is 405 g/mol. The highest BCUT2D eigenvalue weighted by molar-refractivity contribution is 6.33. The number of ether oxygens (including phenoxy) is 1. The topological polar surface area (TPSA) is 54.5 Å². The quantitative estimate of drug-likeness (QED) is 0.816. The van der Waals surface area contributed by atoms with Crippen molar-refractivity contribution in [3.8, 4) is 0 Å². The molecule has 2 aromatic rings. The number of anilines is 1. The molecule has 0 atom stereocenters. The molecule has 1 saturated heterocycles. The second-order valence-electron chi connectivity index (χ2n) is 7.10. The van der Waals surface area contributed by atoms with Crippen molar-refractivity contribution in [2.24, 2.45) is 0 Å². The zero-order valence-corrected chi connectivity index (χ0v) is 16.4. The largest absolute Gasteiger partial charge is 0.378 e. The number of rotatable bonds is 5. The summed E-state index contributed by atoms with van der Waals surface area (Å²) in [5.74, 6) is 0.550. The molecule has 0 bridgehead atoms. The van der Waals surface area contributed by atoms with Crippen LogP contribution in [-0.4, -0.2) is 48.6 Å². The van der Waals surface area contributed by atoms with Crippen molar-refractivity contribution in [2.75, 3.05) is 38.2 Å². The number of amides is 1. The van der Waals surface area contributed by atoms with E-state index in [1.807, 2.05) is 12.1 Å². The SMILES string of the molecule is O=C(c1cnc(NCC2(c3ccc(Cl)cc3)CC2)c(Cl)c1)N1CCOCC1. The van der Waals surface area contributed by atoms with Crippen LogP contribution >= 0.6 is 23.2 Å². The van der Waals surface area contributed by atoms with Gasteiger partial charge in [-0.3, -0.25) is 4.79 Å². The van der Waals surface area contributed by atoms with E-state index in [9.17, 15) is 4.79 Å². The predicted octanol–water partition coefficient (Wildman–Crippen LogP) is 4.00. The minimum atomic E-state index is -0.0564. The number of aromatic nitrogens is 1. The van der Waals surface area contributed by atoms with Gasteiger partial charge >= 0.3 is 0 Å². The third kappa shape index (κ3) is 4.05. The van der Waals surface area contributed by atoms with Gasteiger partial charge in [0, 0.05) is 36.3 Å². The fourth-order valence-corrected chi connectivity index (χ4v) is 3.77. The number of nitrogens with one attached hydrogen (secondary N) is 1. The Morgan fingerprint density at radius 1 is 1.19 bits per heavy atom. The van der Waals surface area contributed by atoms with Gasteiger partial charge in [0.2, 0.25) is 0 Å². The molecule has 1 saturated carbocycles. The van der Waals surface area contributed by atoms with E-state index in [0.29, 0.717) is 42.7 Å². The van der Waals surface area contributed by atoms with Crippen molar-refractivity contribution in [3.05, 3.63) is 57.7 Å². The first-order chi connectivity index (χ1) is 13.1. The molecule has 2 fully saturated rings. The fraction of sp³-hybridized carbons (Fsp3) is 0.400. The van der Waals surface area contributed by atoms with Crippen LogP contribution in [0.4, 0.5) is 5.82 Å². The van der Waals surface area contributed by atoms with Crippen LogP contribution in [0.15, 0.2) is 36.5 Å². The number of pyridine rings is 1. The molecule has 1 N–H and O–H groups in total. The maximum absolute atomic E-state index is 12.5. The van der Waals surface area contributed by atoms with Gasteiger partial charge in [0.1, 0.15) is 5.82 Å². The molecule has 4 rings (SSSR count). The molecule has 0 spiro atoms. The summed E-state index contributed by atoms with van der Waals surface area (Å²) in [4.78, 5) is 18.7. The molecule has 0 unspecified atom stereocenters. The third-order valence-corrected chi connectivity index (χ3v) is 5.83. The Bertz CT molecular complexity index is 832. The van der Waals surface area contributed by atoms with Crippen LogP contribution in [-0.2, 0) is 10.2 Å². The number of hydrogen-bond donors (Lipinski definition) is 1. The normalized spacial score (nSPS) is 18.2. The molecular weight excluding hydrogens is 385 g/mol. The van der Waals surface area contributed by atoms with Crippen molar-refractivity contribution in [2.45, 2.75) is 18.3 Å². The van der Waals surface area contributed by atoms with Gasteiger partial charge < -0.3 is 15.0 Å². The number of nitrogens with zero attached hydrogens (tertiary/aromatic N) is 2. The van der Waals surface area contributed by atoms with Crippen molar-refractivity contribution in [1.82, 2.24) is 9.88 Å². The summed E-state index contributed by atoms with van der Waals surface area (Å²) in [7, 11) is 0. The molecule has 2 aliphatic rings. The molecule has 0 radical (unpaired) electrons. The highest BCUT2D eigenvalue weighted by atomic mass is 35.5. The van der Waals surface area contributed by atoms with E-state index in [1.54, 1.807) is 17.2 Å². The van der Waals surface area contributed by atoms with Crippen LogP contribution in [0.2, 0.25) is 10.0 Å². The van der Waals surface area contributed by atoms with Gasteiger partial charge in [-0.05, 0) is 36.6 Å². The van der Waals surface area contributed by atoms with Crippen molar-refractivity contribution in [3.63, 3.8) is 0 Å². The van der Waals surface area contributed by atoms with Gasteiger partial charge in [0.25, 0.3) is 5.91 Å². The summed E-state index contributed by atoms with van der Waals surface area (Å²) in [5.41, 5.74) is 1.89. The van der Waals surface area contributed by atoms with Crippen molar-refractivity contribution < 1.29 is 9.53 Å². The standard InChI is InChI=1S/C20H21Cl2N3O2/c21-16-3-1-15(2-4-16)20(5-6-20)13-24-18-17(22)11-14(12-23-18)19(26)25-7-9-27-10-8-25/h1-4,11-12H,5-10,13H2,(H,23,24). The van der Waals surface area contributed by atoms with E-state index in [2.05, 4.69) is 22.4 Å². The average molecular weight is 406 g/mol. The number of carbonyl (C=O) groups excluding carboxylic acids is 1. The number of hydrogen-bond acceptors (Lipinski definition) is 4. The highest BCUT2D eigenvalue weighted by Crippen LogP contribution is 2.48. The van der Waals surface area contributed by atoms with Gasteiger partial charge in [0.15, 0.2) is 0 Å². The molecule has 27 heavy (non-hydrogen) atoms. The van der Waals surface area contributed by atoms with E-state index in [1.165, 1.54) is 5.56 Å². The lowest BCUT2D eigenvalue weighted by Crippen LogP contribution is -2.40. The average Bonchev–Trinajstić information content (AvgIpc) is 3.49. The molecule has 1 amide bonds. The van der Waals surface area contributed by atoms with Crippen molar-refractivity contribution >= 4 is 34.9 Å². The first-order valence-corrected chi connectivity index (χ1v) is 9.85. The fourth-order valence-electron chi connectivity index (χ4n) is 3.41. The smallest absolute Gasteiger partial charge is 0.255 e. The Morgan fingerprint density at radius 2 is 1.89 bits per heavy atom. The number of carbonyl (C=O) groups is 1. The van der Waals surface area contributed by atoms with Gasteiger partial charge in [0.05, 0.1) is 23.8 Å². The third-order valence-electron chi connectivity index (χ3n) is 5.29. The predicted molar refractivity (Wildman–Crippen MR) is 107 cm³/mol. The summed E-state index contributed by atoms with van der Waals surface area (Å²) in [6.45, 7) is 3.08. The summed E-state index contributed by atoms with van der Waals surface area (Å²) in [6, 6.07) is 9.70. The summed E-state index contributed by atoms with van der Waals surface area (Å²) in [5, 5.41) is 4.56. The molecule has 1 aliphatic carbocycles. The Labute approximate surface area is 168 Å². The van der Waals surface area contributed by atoms with Crippen LogP contribution in [0.1, 0.15) is 28.8 Å². The van der Waals surface area contributed by atoms with E-state index in [0.717, 1.165) is 24.4 Å². The summed E-state index contributed by atoms with van der Waals surface area (Å²) < 4.78 is 5.29. The molecule has 7 heteroatoms. The number of halogens is 2. The van der Waals surface area contributed by atoms with E-state index >= 15 is 0 Å². The second-order valence-corrected chi connectivity index (χ2v) is 7.94. The lowest BCUT2D eigenvalue weighted by atomic mass is 9.96. The molecule has 2 heterocycles. The molecule has 5 nitrogen and oxygen atoms in total. The van der Waals surface area contributed by atoms with Crippen molar-refractivity contribution in [1.29, 1.82) is 0 Å². The molecule has 1 aromatic carbocycles. The van der Waals surface area contributed by atoms with Gasteiger partial charge in [-0.15, -0.1) is 0 Å². The van der Waals surface area contributed by atoms with E-state index < -0.39 is 0 Å². The summed E-state index contributed by atoms with van der Waals surface area (Å²) >= 11 is 12.4. The molecular formula is C20H21Cl2N3O2. The maximum Gasteiger partial charge on any atom is 0.255 e. The zero-order valence-electron chi connectivity index (χ0n) is 14.9. The van der Waals surface area contributed by atoms with Gasteiger partial charge in [-0.1, -0.05) is 35.3 Å². The van der Waals surface area contributed by atoms with Gasteiger partial charge in [-0.2, -0.15) is 0 Å². The Kier molecular flexibility index (Phi) is 5.26. The first kappa shape index (κ1) is 18.5. The Hall–Kier alpha value is -1.82. The minimum absolute atomic E-state index is 0.0564. The minimum Gasteiger partial charge on any atom is -0.378 e. The molecule has 142 valence electrons. The van der Waals surface area contributed by atoms with Crippen LogP contribution in [0.5, 0.6) is 0 Å². The zero-order chi connectivity index (χ0) is 18.9. The summed E-state index contributed by atoms with van der Waals surface area (Å²) in [6.07, 6.45) is 3.83. The first-order valence-electron chi connectivity index (χ1n) is 9.10. The molecule has 1 aromatic heterocycles. The van der Waals surface area contributed by atoms with Crippen LogP contribution in [0, 0.1) is 0 Å². The lowest BCUT2D eigenvalue weighted by molar-refractivity contribution is 0.0302. The lowest BCUT2D eigenvalue weighted by Gasteiger charge is -2.26. The van der Waals surface area contributed by atoms with Gasteiger partial charge in [-0.25, -0.2) is 4.98 Å². The van der Waals surface area contributed by atoms with Crippen LogP contribution in [0.3, 0.4) is 0 Å². The van der Waals surface area contributed by atoms with Crippen LogP contribution < -0.4 is 5.32 Å². The van der Waals surface area contributed by atoms with Crippen LogP contribution in [0.25, 0.3) is 0 Å². The van der Waals surface area contributed by atoms with E-state index in [-0.39, 0.29) is 11.3 Å². The number of morpholine rings is 1. The Morgan fingerprint density at radius 3 is 2.52 bits per heavy atom. The number of benzene rings is 1. The molecule has 1 aliphatic heterocycles. The Balaban J connectivity index is 1.42. The maximum atomic E-state index is 12.5. The highest BCUT2D eigenvalue weighted by Gasteiger charge is 2.44. The second kappa shape index (κ2) is 7.66. The van der Waals surface area contributed by atoms with E-state index in [4.69, 9.17) is 27.9 Å².